The fraction of sp³-hybridized carbons (Fsp3) is 0.591. The number of nitrogens with zero attached hydrogens (tertiary/aromatic N) is 3. The largest absolute Gasteiger partial charge is 0.508 e. The van der Waals surface area contributed by atoms with Crippen LogP contribution in [0.15, 0.2) is 29.3 Å². The van der Waals surface area contributed by atoms with Crippen LogP contribution in [0.1, 0.15) is 53.5 Å². The Bertz CT molecular complexity index is 933. The summed E-state index contributed by atoms with van der Waals surface area (Å²) in [6.07, 6.45) is 3.04. The Labute approximate surface area is 171 Å². The average Bonchev–Trinajstić information content (AvgIpc) is 3.22. The Morgan fingerprint density at radius 2 is 1.79 bits per heavy atom. The highest BCUT2D eigenvalue weighted by Gasteiger charge is 2.44. The van der Waals surface area contributed by atoms with Crippen molar-refractivity contribution in [2.45, 2.75) is 59.1 Å². The number of phenolic OH excluding ortho intramolecular Hbond substituents is 1. The van der Waals surface area contributed by atoms with E-state index in [4.69, 9.17) is 4.74 Å². The molecule has 1 aliphatic carbocycles. The molecule has 1 saturated carbocycles. The molecule has 7 heteroatoms. The quantitative estimate of drug-likeness (QED) is 0.782. The number of hydrogen-bond donors (Lipinski definition) is 1. The van der Waals surface area contributed by atoms with E-state index in [2.05, 4.69) is 4.98 Å². The van der Waals surface area contributed by atoms with Gasteiger partial charge in [0.1, 0.15) is 11.4 Å². The molecular formula is C22H31N3O4. The van der Waals surface area contributed by atoms with Gasteiger partial charge in [0, 0.05) is 19.1 Å². The number of aromatic hydroxyl groups is 1. The molecule has 158 valence electrons. The summed E-state index contributed by atoms with van der Waals surface area (Å²) in [4.78, 5) is 31.3. The second-order valence-electron chi connectivity index (χ2n) is 8.69. The number of hydrogen-bond acceptors (Lipinski definition) is 5. The topological polar surface area (TPSA) is 84.7 Å². The molecule has 2 unspecified atom stereocenters. The van der Waals surface area contributed by atoms with Crippen LogP contribution in [0.25, 0.3) is 10.9 Å². The molecule has 2 heterocycles. The summed E-state index contributed by atoms with van der Waals surface area (Å²) in [5.74, 6) is 0.805. The normalized spacial score (nSPS) is 23.5. The first-order valence-electron chi connectivity index (χ1n) is 10.4. The van der Waals surface area contributed by atoms with E-state index in [1.165, 1.54) is 12.1 Å². The van der Waals surface area contributed by atoms with Crippen LogP contribution in [0.5, 0.6) is 5.75 Å². The van der Waals surface area contributed by atoms with Gasteiger partial charge in [0.2, 0.25) is 0 Å². The number of benzene rings is 1. The lowest BCUT2D eigenvalue weighted by atomic mass is 10.0. The van der Waals surface area contributed by atoms with E-state index in [9.17, 15) is 14.7 Å². The number of aromatic nitrogens is 2. The SMILES string of the molecule is CC.CC(C)(C)OC(=O)N1CC2CC(n3cnc4ccc(O)cc4c3=O)CC2C1. The van der Waals surface area contributed by atoms with Gasteiger partial charge in [-0.2, -0.15) is 0 Å². The zero-order valence-electron chi connectivity index (χ0n) is 17.9. The molecule has 7 nitrogen and oxygen atoms in total. The predicted octanol–water partition coefficient (Wildman–Crippen LogP) is 3.95. The molecule has 1 aromatic heterocycles. The minimum Gasteiger partial charge on any atom is -0.508 e. The van der Waals surface area contributed by atoms with Crippen LogP contribution in [-0.4, -0.2) is 44.3 Å². The number of carbonyl (C=O) groups is 1. The molecule has 2 fully saturated rings. The van der Waals surface area contributed by atoms with Crippen molar-refractivity contribution in [1.82, 2.24) is 14.5 Å². The first-order valence-corrected chi connectivity index (χ1v) is 10.4. The van der Waals surface area contributed by atoms with Crippen molar-refractivity contribution in [3.8, 4) is 5.75 Å². The molecule has 0 spiro atoms. The lowest BCUT2D eigenvalue weighted by Crippen LogP contribution is -2.36. The maximum Gasteiger partial charge on any atom is 0.410 e. The van der Waals surface area contributed by atoms with Crippen molar-refractivity contribution in [1.29, 1.82) is 0 Å². The minimum atomic E-state index is -0.493. The van der Waals surface area contributed by atoms with Crippen molar-refractivity contribution >= 4 is 17.0 Å². The molecule has 4 rings (SSSR count). The summed E-state index contributed by atoms with van der Waals surface area (Å²) in [5, 5.41) is 10.1. The van der Waals surface area contributed by atoms with Crippen molar-refractivity contribution in [3.63, 3.8) is 0 Å². The molecular weight excluding hydrogens is 370 g/mol. The Hall–Kier alpha value is -2.57. The maximum absolute atomic E-state index is 12.8. The summed E-state index contributed by atoms with van der Waals surface area (Å²) in [5.41, 5.74) is -0.0272. The van der Waals surface area contributed by atoms with Crippen LogP contribution >= 0.6 is 0 Å². The van der Waals surface area contributed by atoms with Gasteiger partial charge in [0.15, 0.2) is 0 Å². The maximum atomic E-state index is 12.8. The number of carbonyl (C=O) groups excluding carboxylic acids is 1. The van der Waals surface area contributed by atoms with Gasteiger partial charge in [0.05, 0.1) is 17.2 Å². The third-order valence-corrected chi connectivity index (χ3v) is 5.54. The molecule has 0 bridgehead atoms. The fourth-order valence-corrected chi connectivity index (χ4v) is 4.35. The molecule has 2 atom stereocenters. The monoisotopic (exact) mass is 401 g/mol. The molecule has 2 aliphatic rings. The Morgan fingerprint density at radius 1 is 1.17 bits per heavy atom. The van der Waals surface area contributed by atoms with Crippen LogP contribution in [0.2, 0.25) is 0 Å². The molecule has 1 saturated heterocycles. The lowest BCUT2D eigenvalue weighted by molar-refractivity contribution is 0.0278. The average molecular weight is 402 g/mol. The van der Waals surface area contributed by atoms with Gasteiger partial charge < -0.3 is 14.7 Å². The van der Waals surface area contributed by atoms with Gasteiger partial charge in [0.25, 0.3) is 5.56 Å². The Balaban J connectivity index is 0.00000117. The zero-order chi connectivity index (χ0) is 21.3. The van der Waals surface area contributed by atoms with Crippen molar-refractivity contribution in [3.05, 3.63) is 34.9 Å². The summed E-state index contributed by atoms with van der Waals surface area (Å²) in [6, 6.07) is 4.73. The molecule has 1 N–H and O–H groups in total. The number of rotatable bonds is 1. The molecule has 1 aliphatic heterocycles. The van der Waals surface area contributed by atoms with Crippen molar-refractivity contribution in [2.24, 2.45) is 11.8 Å². The zero-order valence-corrected chi connectivity index (χ0v) is 17.9. The van der Waals surface area contributed by atoms with E-state index in [0.717, 1.165) is 12.8 Å². The first-order chi connectivity index (χ1) is 13.7. The van der Waals surface area contributed by atoms with Crippen LogP contribution in [0, 0.1) is 11.8 Å². The second-order valence-corrected chi connectivity index (χ2v) is 8.69. The van der Waals surface area contributed by atoms with E-state index in [1.807, 2.05) is 34.6 Å². The highest BCUT2D eigenvalue weighted by Crippen LogP contribution is 2.43. The molecule has 0 radical (unpaired) electrons. The van der Waals surface area contributed by atoms with Crippen molar-refractivity contribution in [2.75, 3.05) is 13.1 Å². The van der Waals surface area contributed by atoms with Gasteiger partial charge in [-0.05, 0) is 63.6 Å². The molecule has 1 amide bonds. The van der Waals surface area contributed by atoms with Crippen LogP contribution in [0.4, 0.5) is 4.79 Å². The lowest BCUT2D eigenvalue weighted by Gasteiger charge is -2.25. The molecule has 29 heavy (non-hydrogen) atoms. The third kappa shape index (κ3) is 4.38. The van der Waals surface area contributed by atoms with Crippen molar-refractivity contribution < 1.29 is 14.6 Å². The molecule has 2 aromatic rings. The van der Waals surface area contributed by atoms with Gasteiger partial charge >= 0.3 is 6.09 Å². The standard InChI is InChI=1S/C20H25N3O4.C2H6/c1-20(2,3)27-19(26)22-9-12-6-14(7-13(12)10-22)23-11-21-17-5-4-15(24)8-16(17)18(23)25;1-2/h4-5,8,11-14,24H,6-7,9-10H2,1-3H3;1-2H3. The van der Waals surface area contributed by atoms with Crippen LogP contribution in [0.3, 0.4) is 0 Å². The van der Waals surface area contributed by atoms with Crippen LogP contribution in [-0.2, 0) is 4.74 Å². The van der Waals surface area contributed by atoms with Gasteiger partial charge in [-0.15, -0.1) is 0 Å². The Morgan fingerprint density at radius 3 is 2.38 bits per heavy atom. The first kappa shape index (κ1) is 21.1. The van der Waals surface area contributed by atoms with E-state index >= 15 is 0 Å². The van der Waals surface area contributed by atoms with Gasteiger partial charge in [-0.25, -0.2) is 9.78 Å². The molecule has 1 aromatic carbocycles. The fourth-order valence-electron chi connectivity index (χ4n) is 4.35. The minimum absolute atomic E-state index is 0.0652. The summed E-state index contributed by atoms with van der Waals surface area (Å²) >= 11 is 0. The number of fused-ring (bicyclic) bond motifs is 2. The number of likely N-dealkylation sites (tertiary alicyclic amines) is 1. The third-order valence-electron chi connectivity index (χ3n) is 5.54. The number of ether oxygens (including phenoxy) is 1. The summed E-state index contributed by atoms with van der Waals surface area (Å²) in [7, 11) is 0. The van der Waals surface area contributed by atoms with E-state index in [-0.39, 0.29) is 23.4 Å². The van der Waals surface area contributed by atoms with E-state index in [1.54, 1.807) is 21.9 Å². The number of phenols is 1. The number of amides is 1. The summed E-state index contributed by atoms with van der Waals surface area (Å²) in [6.45, 7) is 11.0. The predicted molar refractivity (Wildman–Crippen MR) is 112 cm³/mol. The Kier molecular flexibility index (Phi) is 5.87. The van der Waals surface area contributed by atoms with E-state index < -0.39 is 5.60 Å². The highest BCUT2D eigenvalue weighted by molar-refractivity contribution is 5.78. The van der Waals surface area contributed by atoms with Gasteiger partial charge in [-0.3, -0.25) is 9.36 Å². The summed E-state index contributed by atoms with van der Waals surface area (Å²) < 4.78 is 7.17. The van der Waals surface area contributed by atoms with Crippen LogP contribution < -0.4 is 5.56 Å². The smallest absolute Gasteiger partial charge is 0.410 e. The highest BCUT2D eigenvalue weighted by atomic mass is 16.6. The van der Waals surface area contributed by atoms with E-state index in [0.29, 0.717) is 35.8 Å². The van der Waals surface area contributed by atoms with Gasteiger partial charge in [-0.1, -0.05) is 13.8 Å². The second kappa shape index (κ2) is 8.05.